The molecule has 5 rings (SSSR count). The van der Waals surface area contributed by atoms with Gasteiger partial charge in [-0.2, -0.15) is 0 Å². The third-order valence-corrected chi connectivity index (χ3v) is 8.40. The van der Waals surface area contributed by atoms with Gasteiger partial charge in [0.05, 0.1) is 17.8 Å². The van der Waals surface area contributed by atoms with Crippen LogP contribution in [-0.4, -0.2) is 91.6 Å². The van der Waals surface area contributed by atoms with Gasteiger partial charge >= 0.3 is 0 Å². The standard InChI is InChI=1S/C34H37F4N5O4/c1-20(44)33(47)43(28-19-40(17-26(28)38)12-13-42-29(45)10-11-30(42)46)31(34(2,3)4)32-39-27(24-15-23(36)8-9-25(24)37)18-41(32)16-21-6-5-7-22(35)14-21/h5-11,14-15,18,20,26,28,31,44H,12-13,16-17,19H2,1-4H3/t20-,26-,28+,31-/m0/s1. The van der Waals surface area contributed by atoms with E-state index < -0.39 is 64.9 Å². The lowest BCUT2D eigenvalue weighted by Crippen LogP contribution is -2.54. The molecule has 3 aromatic rings. The summed E-state index contributed by atoms with van der Waals surface area (Å²) in [5.41, 5.74) is -0.431. The molecule has 3 heterocycles. The Kier molecular flexibility index (Phi) is 9.69. The third-order valence-electron chi connectivity index (χ3n) is 8.40. The fraction of sp³-hybridized carbons (Fsp3) is 0.412. The van der Waals surface area contributed by atoms with Crippen LogP contribution in [-0.2, 0) is 20.9 Å². The van der Waals surface area contributed by atoms with Crippen LogP contribution >= 0.6 is 0 Å². The average molecular weight is 656 g/mol. The van der Waals surface area contributed by atoms with Gasteiger partial charge in [0.15, 0.2) is 0 Å². The number of halogens is 4. The number of amides is 3. The highest BCUT2D eigenvalue weighted by atomic mass is 19.1. The molecule has 2 aromatic carbocycles. The molecule has 0 saturated carbocycles. The number of nitrogens with zero attached hydrogens (tertiary/aromatic N) is 5. The zero-order valence-electron chi connectivity index (χ0n) is 26.5. The molecule has 3 amide bonds. The molecule has 9 nitrogen and oxygen atoms in total. The molecule has 0 radical (unpaired) electrons. The molecule has 0 unspecified atom stereocenters. The number of imide groups is 1. The fourth-order valence-electron chi connectivity index (χ4n) is 6.22. The van der Waals surface area contributed by atoms with Crippen molar-refractivity contribution in [2.75, 3.05) is 26.2 Å². The van der Waals surface area contributed by atoms with Crippen LogP contribution in [0.1, 0.15) is 45.1 Å². The van der Waals surface area contributed by atoms with E-state index in [1.54, 1.807) is 36.3 Å². The van der Waals surface area contributed by atoms with Crippen LogP contribution in [0.5, 0.6) is 0 Å². The lowest BCUT2D eigenvalue weighted by atomic mass is 9.83. The largest absolute Gasteiger partial charge is 0.384 e. The highest BCUT2D eigenvalue weighted by Crippen LogP contribution is 2.42. The monoisotopic (exact) mass is 655 g/mol. The van der Waals surface area contributed by atoms with Crippen LogP contribution < -0.4 is 0 Å². The quantitative estimate of drug-likeness (QED) is 0.259. The van der Waals surface area contributed by atoms with Crippen molar-refractivity contribution in [3.63, 3.8) is 0 Å². The van der Waals surface area contributed by atoms with Crippen LogP contribution in [0.2, 0.25) is 0 Å². The van der Waals surface area contributed by atoms with Crippen molar-refractivity contribution in [2.24, 2.45) is 5.41 Å². The second kappa shape index (κ2) is 13.4. The van der Waals surface area contributed by atoms with E-state index in [-0.39, 0.29) is 49.8 Å². The van der Waals surface area contributed by atoms with Crippen molar-refractivity contribution >= 4 is 17.7 Å². The van der Waals surface area contributed by atoms with Gasteiger partial charge in [-0.3, -0.25) is 24.2 Å². The Balaban J connectivity index is 1.58. The number of imidazole rings is 1. The molecule has 1 fully saturated rings. The van der Waals surface area contributed by atoms with E-state index in [1.165, 1.54) is 48.4 Å². The number of carbonyl (C=O) groups excluding carboxylic acids is 3. The SMILES string of the molecule is C[C@H](O)C(=O)N([C@@H]1CN(CCN2C(=O)C=CC2=O)C[C@@H]1F)[C@@H](c1nc(-c2cc(F)ccc2F)cn1Cc1cccc(F)c1)C(C)(C)C. The lowest BCUT2D eigenvalue weighted by molar-refractivity contribution is -0.149. The molecule has 250 valence electrons. The van der Waals surface area contributed by atoms with Crippen molar-refractivity contribution in [2.45, 2.75) is 58.6 Å². The summed E-state index contributed by atoms with van der Waals surface area (Å²) < 4.78 is 61.2. The normalized spacial score (nSPS) is 19.9. The number of aliphatic hydroxyl groups is 1. The first kappa shape index (κ1) is 34.0. The van der Waals surface area contributed by atoms with Gasteiger partial charge in [0.25, 0.3) is 17.7 Å². The predicted octanol–water partition coefficient (Wildman–Crippen LogP) is 4.26. The number of hydrogen-bond donors (Lipinski definition) is 1. The minimum absolute atomic E-state index is 0.0197. The number of benzene rings is 2. The minimum Gasteiger partial charge on any atom is -0.384 e. The maximum Gasteiger partial charge on any atom is 0.253 e. The molecule has 0 spiro atoms. The Hall–Kier alpha value is -4.36. The van der Waals surface area contributed by atoms with E-state index in [9.17, 15) is 28.3 Å². The van der Waals surface area contributed by atoms with E-state index in [0.29, 0.717) is 5.56 Å². The van der Waals surface area contributed by atoms with Gasteiger partial charge in [-0.25, -0.2) is 22.5 Å². The second-order valence-electron chi connectivity index (χ2n) is 13.1. The average Bonchev–Trinajstić information content (AvgIpc) is 3.66. The molecule has 0 bridgehead atoms. The van der Waals surface area contributed by atoms with Crippen LogP contribution in [0.4, 0.5) is 17.6 Å². The summed E-state index contributed by atoms with van der Waals surface area (Å²) >= 11 is 0. The van der Waals surface area contributed by atoms with Gasteiger partial charge < -0.3 is 14.6 Å². The summed E-state index contributed by atoms with van der Waals surface area (Å²) in [6, 6.07) is 6.65. The molecule has 2 aliphatic heterocycles. The van der Waals surface area contributed by atoms with Crippen molar-refractivity contribution in [3.05, 3.63) is 89.7 Å². The summed E-state index contributed by atoms with van der Waals surface area (Å²) in [5, 5.41) is 10.6. The molecular formula is C34H37F4N5O4. The van der Waals surface area contributed by atoms with Crippen molar-refractivity contribution < 1.29 is 37.1 Å². The Morgan fingerprint density at radius 3 is 2.34 bits per heavy atom. The van der Waals surface area contributed by atoms with Gasteiger partial charge in [0.1, 0.15) is 35.6 Å². The zero-order valence-corrected chi connectivity index (χ0v) is 26.5. The van der Waals surface area contributed by atoms with E-state index in [1.807, 2.05) is 0 Å². The number of likely N-dealkylation sites (tertiary alicyclic amines) is 1. The minimum atomic E-state index is -1.59. The van der Waals surface area contributed by atoms with Crippen LogP contribution in [0.3, 0.4) is 0 Å². The Labute approximate surface area is 270 Å². The van der Waals surface area contributed by atoms with Crippen molar-refractivity contribution in [3.8, 4) is 11.3 Å². The molecule has 13 heteroatoms. The van der Waals surface area contributed by atoms with E-state index in [2.05, 4.69) is 0 Å². The first-order valence-corrected chi connectivity index (χ1v) is 15.3. The summed E-state index contributed by atoms with van der Waals surface area (Å²) in [6.45, 7) is 6.82. The maximum absolute atomic E-state index is 16.1. The first-order chi connectivity index (χ1) is 22.1. The number of aliphatic hydroxyl groups excluding tert-OH is 1. The van der Waals surface area contributed by atoms with E-state index >= 15 is 8.78 Å². The third kappa shape index (κ3) is 7.31. The highest BCUT2D eigenvalue weighted by Gasteiger charge is 2.48. The molecule has 2 aliphatic rings. The molecule has 47 heavy (non-hydrogen) atoms. The van der Waals surface area contributed by atoms with Crippen LogP contribution in [0.25, 0.3) is 11.3 Å². The summed E-state index contributed by atoms with van der Waals surface area (Å²) in [5.74, 6) is -3.42. The summed E-state index contributed by atoms with van der Waals surface area (Å²) in [6.07, 6.45) is 0.699. The lowest BCUT2D eigenvalue weighted by Gasteiger charge is -2.44. The molecule has 4 atom stereocenters. The fourth-order valence-corrected chi connectivity index (χ4v) is 6.22. The highest BCUT2D eigenvalue weighted by molar-refractivity contribution is 6.12. The number of alkyl halides is 1. The smallest absolute Gasteiger partial charge is 0.253 e. The molecule has 1 saturated heterocycles. The molecule has 1 aromatic heterocycles. The Bertz CT molecular complexity index is 1680. The zero-order chi connectivity index (χ0) is 34.2. The number of hydrogen-bond acceptors (Lipinski definition) is 6. The predicted molar refractivity (Wildman–Crippen MR) is 165 cm³/mol. The second-order valence-corrected chi connectivity index (χ2v) is 13.1. The van der Waals surface area contributed by atoms with E-state index in [4.69, 9.17) is 4.98 Å². The van der Waals surface area contributed by atoms with E-state index in [0.717, 1.165) is 23.1 Å². The number of rotatable bonds is 10. The number of carbonyl (C=O) groups is 3. The Morgan fingerprint density at radius 1 is 1.02 bits per heavy atom. The van der Waals surface area contributed by atoms with Crippen molar-refractivity contribution in [1.82, 2.24) is 24.3 Å². The summed E-state index contributed by atoms with van der Waals surface area (Å²) in [4.78, 5) is 46.7. The van der Waals surface area contributed by atoms with Crippen molar-refractivity contribution in [1.29, 1.82) is 0 Å². The van der Waals surface area contributed by atoms with Gasteiger partial charge in [-0.15, -0.1) is 0 Å². The topological polar surface area (TPSA) is 99.0 Å². The summed E-state index contributed by atoms with van der Waals surface area (Å²) in [7, 11) is 0. The van der Waals surface area contributed by atoms with Gasteiger partial charge in [0, 0.05) is 56.6 Å². The van der Waals surface area contributed by atoms with Gasteiger partial charge in [-0.1, -0.05) is 32.9 Å². The van der Waals surface area contributed by atoms with Gasteiger partial charge in [0.2, 0.25) is 0 Å². The van der Waals surface area contributed by atoms with Crippen LogP contribution in [0, 0.1) is 22.9 Å². The molecule has 0 aliphatic carbocycles. The van der Waals surface area contributed by atoms with Crippen LogP contribution in [0.15, 0.2) is 60.8 Å². The molecule has 1 N–H and O–H groups in total. The Morgan fingerprint density at radius 2 is 1.70 bits per heavy atom. The maximum atomic E-state index is 16.1. The number of aromatic nitrogens is 2. The van der Waals surface area contributed by atoms with Gasteiger partial charge in [-0.05, 0) is 48.2 Å². The molecular weight excluding hydrogens is 618 g/mol. The first-order valence-electron chi connectivity index (χ1n) is 15.3.